The molecule has 6 nitrogen and oxygen atoms in total. The minimum absolute atomic E-state index is 0.303. The Morgan fingerprint density at radius 2 is 1.81 bits per heavy atom. The molecule has 0 aromatic heterocycles. The topological polar surface area (TPSA) is 81.7 Å². The van der Waals surface area contributed by atoms with E-state index in [4.69, 9.17) is 5.11 Å². The fourth-order valence-electron chi connectivity index (χ4n) is 2.45. The summed E-state index contributed by atoms with van der Waals surface area (Å²) in [6.45, 7) is 1.63. The van der Waals surface area contributed by atoms with Crippen LogP contribution in [0.4, 0.5) is 4.79 Å². The average Bonchev–Trinajstić information content (AvgIpc) is 2.48. The van der Waals surface area contributed by atoms with Crippen molar-refractivity contribution in [3.8, 4) is 0 Å². The fourth-order valence-corrected chi connectivity index (χ4v) is 2.45. The molecule has 114 valence electrons. The molecule has 1 aromatic carbocycles. The summed E-state index contributed by atoms with van der Waals surface area (Å²) in [7, 11) is 0. The third kappa shape index (κ3) is 5.07. The zero-order chi connectivity index (χ0) is 15.1. The minimum Gasteiger partial charge on any atom is -0.465 e. The molecule has 0 unspecified atom stereocenters. The summed E-state index contributed by atoms with van der Waals surface area (Å²) in [6.07, 6.45) is 2.43. The molecule has 1 fully saturated rings. The van der Waals surface area contributed by atoms with Crippen LogP contribution in [0.3, 0.4) is 0 Å². The van der Waals surface area contributed by atoms with Crippen LogP contribution in [0.25, 0.3) is 0 Å². The minimum atomic E-state index is -1.19. The second kappa shape index (κ2) is 7.64. The Balaban J connectivity index is 1.97. The molecular formula is C15H21N3O3. The molecule has 1 heterocycles. The molecule has 1 aromatic rings. The van der Waals surface area contributed by atoms with Gasteiger partial charge in [-0.05, 0) is 18.4 Å². The maximum absolute atomic E-state index is 12.3. The molecule has 0 radical (unpaired) electrons. The fraction of sp³-hybridized carbons (Fsp3) is 0.467. The lowest BCUT2D eigenvalue weighted by Gasteiger charge is -2.28. The van der Waals surface area contributed by atoms with Gasteiger partial charge in [-0.1, -0.05) is 36.8 Å². The van der Waals surface area contributed by atoms with Gasteiger partial charge in [-0.2, -0.15) is 0 Å². The molecule has 0 aliphatic carbocycles. The van der Waals surface area contributed by atoms with Gasteiger partial charge in [-0.15, -0.1) is 0 Å². The number of carboxylic acid groups (broad SMARTS) is 1. The monoisotopic (exact) mass is 291 g/mol. The van der Waals surface area contributed by atoms with Crippen LogP contribution in [0.5, 0.6) is 0 Å². The number of nitrogens with one attached hydrogen (secondary N) is 2. The van der Waals surface area contributed by atoms with Crippen LogP contribution in [0.2, 0.25) is 0 Å². The number of hydrazine groups is 1. The van der Waals surface area contributed by atoms with E-state index in [1.807, 2.05) is 35.3 Å². The summed E-state index contributed by atoms with van der Waals surface area (Å²) in [5.74, 6) is -0.303. The summed E-state index contributed by atoms with van der Waals surface area (Å²) in [6, 6.07) is 8.60. The van der Waals surface area contributed by atoms with E-state index >= 15 is 0 Å². The van der Waals surface area contributed by atoms with Crippen molar-refractivity contribution in [1.82, 2.24) is 15.8 Å². The Bertz CT molecular complexity index is 472. The highest BCUT2D eigenvalue weighted by Gasteiger charge is 2.23. The van der Waals surface area contributed by atoms with Crippen molar-refractivity contribution in [1.29, 1.82) is 0 Å². The number of hydrogen-bond acceptors (Lipinski definition) is 3. The van der Waals surface area contributed by atoms with Crippen LogP contribution in [0.1, 0.15) is 24.8 Å². The van der Waals surface area contributed by atoms with Gasteiger partial charge in [0.05, 0.1) is 0 Å². The number of rotatable bonds is 5. The lowest BCUT2D eigenvalue weighted by molar-refractivity contribution is -0.128. The van der Waals surface area contributed by atoms with Crippen molar-refractivity contribution >= 4 is 12.0 Å². The van der Waals surface area contributed by atoms with E-state index in [0.717, 1.165) is 31.5 Å². The van der Waals surface area contributed by atoms with Crippen LogP contribution in [-0.4, -0.2) is 41.2 Å². The first kappa shape index (κ1) is 15.3. The molecule has 6 heteroatoms. The summed E-state index contributed by atoms with van der Waals surface area (Å²) >= 11 is 0. The number of piperidine rings is 1. The van der Waals surface area contributed by atoms with E-state index in [-0.39, 0.29) is 5.91 Å². The molecule has 2 rings (SSSR count). The van der Waals surface area contributed by atoms with Gasteiger partial charge in [0.25, 0.3) is 5.91 Å². The Hall–Kier alpha value is -2.08. The molecule has 2 amide bonds. The van der Waals surface area contributed by atoms with Crippen molar-refractivity contribution in [3.05, 3.63) is 35.9 Å². The van der Waals surface area contributed by atoms with Crippen LogP contribution in [0, 0.1) is 0 Å². The van der Waals surface area contributed by atoms with Gasteiger partial charge in [0, 0.05) is 19.5 Å². The predicted molar refractivity (Wildman–Crippen MR) is 78.7 cm³/mol. The van der Waals surface area contributed by atoms with Gasteiger partial charge in [-0.3, -0.25) is 10.2 Å². The Morgan fingerprint density at radius 1 is 1.14 bits per heavy atom. The molecule has 1 aliphatic heterocycles. The van der Waals surface area contributed by atoms with Gasteiger partial charge in [0.2, 0.25) is 0 Å². The first-order valence-corrected chi connectivity index (χ1v) is 7.24. The number of nitrogens with zero attached hydrogens (tertiary/aromatic N) is 1. The maximum atomic E-state index is 12.3. The lowest BCUT2D eigenvalue weighted by atomic mass is 10.1. The number of benzene rings is 1. The first-order chi connectivity index (χ1) is 10.1. The second-order valence-electron chi connectivity index (χ2n) is 5.22. The van der Waals surface area contributed by atoms with E-state index in [2.05, 4.69) is 10.7 Å². The third-order valence-corrected chi connectivity index (χ3v) is 3.52. The Labute approximate surface area is 124 Å². The van der Waals surface area contributed by atoms with E-state index in [1.54, 1.807) is 0 Å². The van der Waals surface area contributed by atoms with E-state index in [1.165, 1.54) is 6.42 Å². The molecule has 0 bridgehead atoms. The molecule has 21 heavy (non-hydrogen) atoms. The van der Waals surface area contributed by atoms with Crippen molar-refractivity contribution in [2.24, 2.45) is 0 Å². The highest BCUT2D eigenvalue weighted by molar-refractivity contribution is 5.85. The van der Waals surface area contributed by atoms with Crippen molar-refractivity contribution in [2.45, 2.75) is 31.7 Å². The average molecular weight is 291 g/mol. The van der Waals surface area contributed by atoms with Gasteiger partial charge >= 0.3 is 6.09 Å². The molecule has 1 saturated heterocycles. The first-order valence-electron chi connectivity index (χ1n) is 7.24. The van der Waals surface area contributed by atoms with Gasteiger partial charge < -0.3 is 10.4 Å². The number of hydrogen-bond donors (Lipinski definition) is 3. The second-order valence-corrected chi connectivity index (χ2v) is 5.22. The van der Waals surface area contributed by atoms with Crippen LogP contribution in [-0.2, 0) is 11.2 Å². The predicted octanol–water partition coefficient (Wildman–Crippen LogP) is 1.38. The van der Waals surface area contributed by atoms with E-state index in [0.29, 0.717) is 6.42 Å². The molecule has 0 saturated carbocycles. The Morgan fingerprint density at radius 3 is 2.43 bits per heavy atom. The van der Waals surface area contributed by atoms with Gasteiger partial charge in [-0.25, -0.2) is 9.80 Å². The SMILES string of the molecule is O=C(O)N[C@@H](Cc1ccccc1)C(=O)NN1CCCCC1. The zero-order valence-corrected chi connectivity index (χ0v) is 11.9. The van der Waals surface area contributed by atoms with Gasteiger partial charge in [0.1, 0.15) is 6.04 Å². The summed E-state index contributed by atoms with van der Waals surface area (Å²) in [5, 5.41) is 13.1. The number of carbonyl (C=O) groups excluding carboxylic acids is 1. The van der Waals surface area contributed by atoms with E-state index in [9.17, 15) is 9.59 Å². The van der Waals surface area contributed by atoms with Crippen LogP contribution < -0.4 is 10.7 Å². The summed E-state index contributed by atoms with van der Waals surface area (Å²) in [4.78, 5) is 23.2. The highest BCUT2D eigenvalue weighted by atomic mass is 16.4. The smallest absolute Gasteiger partial charge is 0.405 e. The normalized spacial score (nSPS) is 17.0. The number of amides is 2. The van der Waals surface area contributed by atoms with Crippen molar-refractivity contribution < 1.29 is 14.7 Å². The molecular weight excluding hydrogens is 270 g/mol. The third-order valence-electron chi connectivity index (χ3n) is 3.52. The summed E-state index contributed by atoms with van der Waals surface area (Å²) < 4.78 is 0. The summed E-state index contributed by atoms with van der Waals surface area (Å²) in [5.41, 5.74) is 3.73. The highest BCUT2D eigenvalue weighted by Crippen LogP contribution is 2.07. The molecule has 3 N–H and O–H groups in total. The maximum Gasteiger partial charge on any atom is 0.405 e. The Kier molecular flexibility index (Phi) is 5.57. The standard InChI is InChI=1S/C15H21N3O3/c19-14(17-18-9-5-2-6-10-18)13(16-15(20)21)11-12-7-3-1-4-8-12/h1,3-4,7-8,13,16H,2,5-6,9-11H2,(H,17,19)(H,20,21)/t13-/m0/s1. The van der Waals surface area contributed by atoms with E-state index < -0.39 is 12.1 Å². The quantitative estimate of drug-likeness (QED) is 0.765. The van der Waals surface area contributed by atoms with Crippen LogP contribution >= 0.6 is 0 Å². The number of carbonyl (C=O) groups is 2. The zero-order valence-electron chi connectivity index (χ0n) is 11.9. The lowest BCUT2D eigenvalue weighted by Crippen LogP contribution is -2.54. The molecule has 1 aliphatic rings. The van der Waals surface area contributed by atoms with Crippen LogP contribution in [0.15, 0.2) is 30.3 Å². The van der Waals surface area contributed by atoms with Gasteiger partial charge in [0.15, 0.2) is 0 Å². The molecule has 0 spiro atoms. The van der Waals surface area contributed by atoms with Crippen molar-refractivity contribution in [2.75, 3.05) is 13.1 Å². The molecule has 1 atom stereocenters. The van der Waals surface area contributed by atoms with Crippen molar-refractivity contribution in [3.63, 3.8) is 0 Å². The largest absolute Gasteiger partial charge is 0.465 e.